The lowest BCUT2D eigenvalue weighted by Crippen LogP contribution is -2.11. The summed E-state index contributed by atoms with van der Waals surface area (Å²) in [6.45, 7) is 2.76. The van der Waals surface area contributed by atoms with E-state index in [1.54, 1.807) is 17.8 Å². The van der Waals surface area contributed by atoms with E-state index in [2.05, 4.69) is 4.98 Å². The van der Waals surface area contributed by atoms with E-state index in [0.717, 1.165) is 29.4 Å². The Hall–Kier alpha value is -0.470. The van der Waals surface area contributed by atoms with Crippen LogP contribution in [-0.4, -0.2) is 28.1 Å². The van der Waals surface area contributed by atoms with Gasteiger partial charge >= 0.3 is 0 Å². The Kier molecular flexibility index (Phi) is 4.14. The van der Waals surface area contributed by atoms with E-state index in [0.29, 0.717) is 5.52 Å². The highest BCUT2D eigenvalue weighted by molar-refractivity contribution is 7.99. The Bertz CT molecular complexity index is 833. The van der Waals surface area contributed by atoms with Crippen LogP contribution in [0.3, 0.4) is 0 Å². The molecule has 2 aromatic rings. The zero-order valence-corrected chi connectivity index (χ0v) is 14.9. The van der Waals surface area contributed by atoms with Crippen LogP contribution in [-0.2, 0) is 16.6 Å². The fourth-order valence-corrected chi connectivity index (χ4v) is 4.85. The average Bonchev–Trinajstić information content (AvgIpc) is 2.90. The first-order valence-corrected chi connectivity index (χ1v) is 10.0. The molecule has 1 aliphatic rings. The number of hydrogen-bond donors (Lipinski definition) is 1. The molecule has 1 aliphatic carbocycles. The van der Waals surface area contributed by atoms with Crippen LogP contribution < -0.4 is 5.14 Å². The second kappa shape index (κ2) is 5.56. The van der Waals surface area contributed by atoms with Crippen molar-refractivity contribution in [3.05, 3.63) is 18.2 Å². The number of fused-ring (bicyclic) bond motifs is 1. The molecule has 22 heavy (non-hydrogen) atoms. The molecule has 1 aromatic carbocycles. The number of sulfonamides is 1. The van der Waals surface area contributed by atoms with Crippen LogP contribution in [0.5, 0.6) is 0 Å². The minimum Gasteiger partial charge on any atom is -0.319 e. The number of alkyl halides is 2. The number of hydrogen-bond acceptors (Lipinski definition) is 4. The van der Waals surface area contributed by atoms with E-state index in [9.17, 15) is 8.42 Å². The van der Waals surface area contributed by atoms with Crippen molar-refractivity contribution in [1.82, 2.24) is 9.55 Å². The molecule has 0 radical (unpaired) electrons. The SMILES string of the molecule is CCn1c(SCC2CC2(Cl)Cl)nc2cc(S(N)(=O)=O)ccc21. The topological polar surface area (TPSA) is 78.0 Å². The van der Waals surface area contributed by atoms with Gasteiger partial charge in [0.25, 0.3) is 0 Å². The number of benzene rings is 1. The molecule has 0 amide bonds. The minimum atomic E-state index is -3.73. The molecule has 1 saturated carbocycles. The first kappa shape index (κ1) is 16.4. The minimum absolute atomic E-state index is 0.0695. The second-order valence-corrected chi connectivity index (χ2v) is 9.40. The Morgan fingerprint density at radius 3 is 2.73 bits per heavy atom. The van der Waals surface area contributed by atoms with Crippen LogP contribution >= 0.6 is 35.0 Å². The predicted molar refractivity (Wildman–Crippen MR) is 90.0 cm³/mol. The van der Waals surface area contributed by atoms with Gasteiger partial charge in [0.1, 0.15) is 4.33 Å². The summed E-state index contributed by atoms with van der Waals surface area (Å²) >= 11 is 13.7. The molecule has 1 fully saturated rings. The third-order valence-electron chi connectivity index (χ3n) is 3.70. The number of thioether (sulfide) groups is 1. The quantitative estimate of drug-likeness (QED) is 0.639. The van der Waals surface area contributed by atoms with E-state index < -0.39 is 14.4 Å². The van der Waals surface area contributed by atoms with E-state index in [1.807, 2.05) is 11.5 Å². The fourth-order valence-electron chi connectivity index (χ4n) is 2.31. The molecule has 3 rings (SSSR count). The summed E-state index contributed by atoms with van der Waals surface area (Å²) in [6, 6.07) is 4.74. The summed E-state index contributed by atoms with van der Waals surface area (Å²) in [5, 5.41) is 6.00. The number of aromatic nitrogens is 2. The van der Waals surface area contributed by atoms with Gasteiger partial charge in [0.2, 0.25) is 10.0 Å². The van der Waals surface area contributed by atoms with Crippen molar-refractivity contribution in [2.75, 3.05) is 5.75 Å². The average molecular weight is 380 g/mol. The van der Waals surface area contributed by atoms with Crippen LogP contribution in [0.15, 0.2) is 28.3 Å². The van der Waals surface area contributed by atoms with Gasteiger partial charge in [0.15, 0.2) is 5.16 Å². The highest BCUT2D eigenvalue weighted by Crippen LogP contribution is 2.54. The smallest absolute Gasteiger partial charge is 0.238 e. The lowest BCUT2D eigenvalue weighted by atomic mass is 10.3. The van der Waals surface area contributed by atoms with Crippen LogP contribution in [0.4, 0.5) is 0 Å². The number of rotatable bonds is 5. The molecule has 9 heteroatoms. The number of halogens is 2. The maximum Gasteiger partial charge on any atom is 0.238 e. The Balaban J connectivity index is 1.93. The third kappa shape index (κ3) is 3.10. The summed E-state index contributed by atoms with van der Waals surface area (Å²) in [7, 11) is -3.73. The van der Waals surface area contributed by atoms with Crippen molar-refractivity contribution >= 4 is 56.0 Å². The van der Waals surface area contributed by atoms with Gasteiger partial charge in [0.05, 0.1) is 15.9 Å². The van der Waals surface area contributed by atoms with Crippen LogP contribution in [0.25, 0.3) is 11.0 Å². The maximum atomic E-state index is 11.4. The molecule has 0 bridgehead atoms. The molecule has 5 nitrogen and oxygen atoms in total. The molecule has 1 atom stereocenters. The predicted octanol–water partition coefficient (Wildman–Crippen LogP) is 2.99. The molecule has 1 aromatic heterocycles. The Morgan fingerprint density at radius 1 is 1.50 bits per heavy atom. The third-order valence-corrected chi connectivity index (χ3v) is 6.67. The molecule has 0 spiro atoms. The lowest BCUT2D eigenvalue weighted by molar-refractivity contribution is 0.598. The standard InChI is InChI=1S/C13H15Cl2N3O2S2/c1-2-18-11-4-3-9(22(16,19)20)5-10(11)17-12(18)21-7-8-6-13(8,14)15/h3-5,8H,2,6-7H2,1H3,(H2,16,19,20). The van der Waals surface area contributed by atoms with Gasteiger partial charge in [-0.25, -0.2) is 18.5 Å². The molecule has 2 N–H and O–H groups in total. The van der Waals surface area contributed by atoms with E-state index in [1.165, 1.54) is 12.1 Å². The zero-order chi connectivity index (χ0) is 16.1. The van der Waals surface area contributed by atoms with Crippen molar-refractivity contribution in [3.8, 4) is 0 Å². The van der Waals surface area contributed by atoms with Gasteiger partial charge in [-0.2, -0.15) is 0 Å². The summed E-state index contributed by atoms with van der Waals surface area (Å²) < 4.78 is 24.3. The summed E-state index contributed by atoms with van der Waals surface area (Å²) in [5.41, 5.74) is 1.51. The fraction of sp³-hybridized carbons (Fsp3) is 0.462. The normalized spacial score (nSPS) is 20.5. The number of aryl methyl sites for hydroxylation is 1. The van der Waals surface area contributed by atoms with Crippen molar-refractivity contribution in [1.29, 1.82) is 0 Å². The summed E-state index contributed by atoms with van der Waals surface area (Å²) in [5.74, 6) is 1.06. The lowest BCUT2D eigenvalue weighted by Gasteiger charge is -2.05. The maximum absolute atomic E-state index is 11.4. The number of nitrogens with two attached hydrogens (primary N) is 1. The monoisotopic (exact) mass is 379 g/mol. The van der Waals surface area contributed by atoms with Gasteiger partial charge in [-0.3, -0.25) is 0 Å². The van der Waals surface area contributed by atoms with Crippen LogP contribution in [0, 0.1) is 5.92 Å². The highest BCUT2D eigenvalue weighted by atomic mass is 35.5. The molecule has 120 valence electrons. The van der Waals surface area contributed by atoms with E-state index in [-0.39, 0.29) is 10.8 Å². The van der Waals surface area contributed by atoms with E-state index in [4.69, 9.17) is 28.3 Å². The van der Waals surface area contributed by atoms with Crippen LogP contribution in [0.1, 0.15) is 13.3 Å². The van der Waals surface area contributed by atoms with Gasteiger partial charge in [-0.05, 0) is 31.5 Å². The Morgan fingerprint density at radius 2 is 2.18 bits per heavy atom. The van der Waals surface area contributed by atoms with Crippen molar-refractivity contribution in [2.45, 2.75) is 34.3 Å². The van der Waals surface area contributed by atoms with Gasteiger partial charge < -0.3 is 4.57 Å². The molecule has 1 unspecified atom stereocenters. The first-order chi connectivity index (χ1) is 10.2. The van der Waals surface area contributed by atoms with E-state index >= 15 is 0 Å². The largest absolute Gasteiger partial charge is 0.319 e. The van der Waals surface area contributed by atoms with Crippen LogP contribution in [0.2, 0.25) is 0 Å². The second-order valence-electron chi connectivity index (χ2n) is 5.31. The number of imidazole rings is 1. The molecular formula is C13H15Cl2N3O2S2. The van der Waals surface area contributed by atoms with Crippen molar-refractivity contribution in [2.24, 2.45) is 11.1 Å². The van der Waals surface area contributed by atoms with Crippen molar-refractivity contribution in [3.63, 3.8) is 0 Å². The molecule has 0 aliphatic heterocycles. The highest BCUT2D eigenvalue weighted by Gasteiger charge is 2.51. The summed E-state index contributed by atoms with van der Waals surface area (Å²) in [4.78, 5) is 4.59. The summed E-state index contributed by atoms with van der Waals surface area (Å²) in [6.07, 6.45) is 0.797. The van der Waals surface area contributed by atoms with Gasteiger partial charge in [-0.1, -0.05) is 11.8 Å². The Labute approximate surface area is 143 Å². The first-order valence-electron chi connectivity index (χ1n) is 6.76. The van der Waals surface area contributed by atoms with Gasteiger partial charge in [-0.15, -0.1) is 23.2 Å². The number of primary sulfonamides is 1. The zero-order valence-electron chi connectivity index (χ0n) is 11.8. The number of nitrogens with zero attached hydrogens (tertiary/aromatic N) is 2. The van der Waals surface area contributed by atoms with Crippen molar-refractivity contribution < 1.29 is 8.42 Å². The molecule has 0 saturated heterocycles. The molecular weight excluding hydrogens is 365 g/mol. The van der Waals surface area contributed by atoms with Gasteiger partial charge in [0, 0.05) is 18.2 Å². The molecule has 1 heterocycles.